The molecule has 2 heterocycles. The number of carbonyl (C=O) groups is 2. The van der Waals surface area contributed by atoms with Crippen LogP contribution in [0.3, 0.4) is 0 Å². The number of carbonyl (C=O) groups excluding carboxylic acids is 2. The second-order valence-electron chi connectivity index (χ2n) is 6.93. The molecule has 7 heteroatoms. The fourth-order valence-electron chi connectivity index (χ4n) is 3.65. The average Bonchev–Trinajstić information content (AvgIpc) is 3.03. The van der Waals surface area contributed by atoms with Crippen LogP contribution >= 0.6 is 0 Å². The van der Waals surface area contributed by atoms with Gasteiger partial charge in [-0.15, -0.1) is 0 Å². The van der Waals surface area contributed by atoms with Crippen molar-refractivity contribution in [2.24, 2.45) is 11.3 Å². The predicted octanol–water partition coefficient (Wildman–Crippen LogP) is 1.77. The Bertz CT molecular complexity index is 820. The van der Waals surface area contributed by atoms with Crippen molar-refractivity contribution in [3.05, 3.63) is 23.8 Å². The highest BCUT2D eigenvalue weighted by Crippen LogP contribution is 2.45. The van der Waals surface area contributed by atoms with E-state index in [1.54, 1.807) is 0 Å². The van der Waals surface area contributed by atoms with Gasteiger partial charge >= 0.3 is 11.9 Å². The number of nitrogens with zero attached hydrogens (tertiary/aromatic N) is 2. The molecule has 2 rings (SSSR count). The maximum atomic E-state index is 11.2. The van der Waals surface area contributed by atoms with Gasteiger partial charge in [-0.1, -0.05) is 24.5 Å². The molecule has 2 aliphatic rings. The van der Waals surface area contributed by atoms with Crippen LogP contribution in [-0.2, 0) is 19.1 Å². The highest BCUT2D eigenvalue weighted by molar-refractivity contribution is 5.66. The van der Waals surface area contributed by atoms with E-state index < -0.39 is 17.4 Å². The Morgan fingerprint density at radius 3 is 2.50 bits per heavy atom. The normalized spacial score (nSPS) is 22.6. The summed E-state index contributed by atoms with van der Waals surface area (Å²) in [6.45, 7) is 6.61. The molecule has 2 aliphatic heterocycles. The Kier molecular flexibility index (Phi) is 6.99. The smallest absolute Gasteiger partial charge is 0.303 e. The number of nitriles is 2. The second kappa shape index (κ2) is 9.22. The highest BCUT2D eigenvalue weighted by Gasteiger charge is 2.47. The molecule has 0 spiro atoms. The number of nitrogens with one attached hydrogen (secondary N) is 1. The van der Waals surface area contributed by atoms with Crippen molar-refractivity contribution < 1.29 is 19.1 Å². The average molecular weight is 381 g/mol. The topological polar surface area (TPSA) is 112 Å². The molecule has 0 aromatic heterocycles. The van der Waals surface area contributed by atoms with Gasteiger partial charge in [0.2, 0.25) is 0 Å². The Balaban J connectivity index is 2.30. The third-order valence-electron chi connectivity index (χ3n) is 4.94. The van der Waals surface area contributed by atoms with Crippen molar-refractivity contribution >= 4 is 11.9 Å². The third kappa shape index (κ3) is 4.80. The summed E-state index contributed by atoms with van der Waals surface area (Å²) in [6, 6.07) is 4.40. The zero-order chi connectivity index (χ0) is 20.7. The Hall–Kier alpha value is -3.08. The lowest BCUT2D eigenvalue weighted by atomic mass is 9.68. The molecule has 0 amide bonds. The Labute approximate surface area is 165 Å². The summed E-state index contributed by atoms with van der Waals surface area (Å²) in [6.07, 6.45) is 3.69. The molecular weight excluding hydrogens is 358 g/mol. The molecule has 0 aliphatic carbocycles. The minimum absolute atomic E-state index is 0.0100. The highest BCUT2D eigenvalue weighted by atomic mass is 16.5. The lowest BCUT2D eigenvalue weighted by molar-refractivity contribution is -0.140. The summed E-state index contributed by atoms with van der Waals surface area (Å²) in [7, 11) is 0. The van der Waals surface area contributed by atoms with Gasteiger partial charge in [0.1, 0.15) is 6.61 Å². The summed E-state index contributed by atoms with van der Waals surface area (Å²) in [5.41, 5.74) is -0.152. The molecule has 7 nitrogen and oxygen atoms in total. The van der Waals surface area contributed by atoms with Crippen LogP contribution in [0, 0.1) is 45.8 Å². The van der Waals surface area contributed by atoms with E-state index in [-0.39, 0.29) is 37.6 Å². The summed E-state index contributed by atoms with van der Waals surface area (Å²) in [5, 5.41) is 23.2. The predicted molar refractivity (Wildman–Crippen MR) is 100.0 cm³/mol. The van der Waals surface area contributed by atoms with Crippen LogP contribution in [0.2, 0.25) is 0 Å². The molecule has 1 N–H and O–H groups in total. The van der Waals surface area contributed by atoms with Gasteiger partial charge in [-0.2, -0.15) is 10.5 Å². The second-order valence-corrected chi connectivity index (χ2v) is 6.93. The fraction of sp³-hybridized carbons (Fsp3) is 0.524. The van der Waals surface area contributed by atoms with E-state index in [1.165, 1.54) is 13.8 Å². The van der Waals surface area contributed by atoms with E-state index >= 15 is 0 Å². The summed E-state index contributed by atoms with van der Waals surface area (Å²) in [4.78, 5) is 22.0. The van der Waals surface area contributed by atoms with Crippen LogP contribution in [0.15, 0.2) is 23.8 Å². The molecule has 2 bridgehead atoms. The summed E-state index contributed by atoms with van der Waals surface area (Å²) >= 11 is 0. The molecule has 146 valence electrons. The number of ether oxygens (including phenoxy) is 2. The largest absolute Gasteiger partial charge is 0.461 e. The van der Waals surface area contributed by atoms with E-state index in [1.807, 2.05) is 6.08 Å². The van der Waals surface area contributed by atoms with Gasteiger partial charge in [0.05, 0.1) is 12.1 Å². The molecular formula is C21H23N3O4. The lowest BCUT2D eigenvalue weighted by Gasteiger charge is -2.37. The van der Waals surface area contributed by atoms with Gasteiger partial charge in [-0.3, -0.25) is 9.59 Å². The summed E-state index contributed by atoms with van der Waals surface area (Å²) in [5.74, 6) is 4.31. The summed E-state index contributed by atoms with van der Waals surface area (Å²) < 4.78 is 9.85. The van der Waals surface area contributed by atoms with Crippen molar-refractivity contribution in [1.29, 1.82) is 10.5 Å². The minimum atomic E-state index is -1.45. The molecule has 0 unspecified atom stereocenters. The molecule has 28 heavy (non-hydrogen) atoms. The maximum absolute atomic E-state index is 11.2. The molecule has 1 saturated heterocycles. The van der Waals surface area contributed by atoms with Crippen LogP contribution in [0.5, 0.6) is 0 Å². The van der Waals surface area contributed by atoms with E-state index in [0.717, 1.165) is 12.8 Å². The molecule has 0 aromatic carbocycles. The fourth-order valence-corrected chi connectivity index (χ4v) is 3.65. The van der Waals surface area contributed by atoms with E-state index in [0.29, 0.717) is 11.1 Å². The van der Waals surface area contributed by atoms with Crippen LogP contribution in [0.25, 0.3) is 0 Å². The standard InChI is InChI=1S/C21H23N3O4/c1-14(11-28-16(3)26)20-18(10-17-6-7-19(20)24-17)21(12-22,13-23)8-4-5-9-27-15(2)25/h10,17,19-20,24H,1,6-9,11H2,2-3H3/t17-,19+,20-/m1/s1. The van der Waals surface area contributed by atoms with Gasteiger partial charge in [0.15, 0.2) is 12.0 Å². The number of fused-ring (bicyclic) bond motifs is 2. The van der Waals surface area contributed by atoms with Crippen molar-refractivity contribution in [3.63, 3.8) is 0 Å². The number of hydrogen-bond donors (Lipinski definition) is 1. The third-order valence-corrected chi connectivity index (χ3v) is 4.94. The number of rotatable bonds is 6. The molecule has 3 atom stereocenters. The van der Waals surface area contributed by atoms with Gasteiger partial charge in [-0.05, 0) is 24.0 Å². The number of hydrogen-bond acceptors (Lipinski definition) is 7. The van der Waals surface area contributed by atoms with Crippen molar-refractivity contribution in [3.8, 4) is 24.0 Å². The zero-order valence-corrected chi connectivity index (χ0v) is 16.1. The Morgan fingerprint density at radius 1 is 1.21 bits per heavy atom. The van der Waals surface area contributed by atoms with Crippen LogP contribution in [-0.4, -0.2) is 37.2 Å². The van der Waals surface area contributed by atoms with Gasteiger partial charge < -0.3 is 14.8 Å². The zero-order valence-electron chi connectivity index (χ0n) is 16.1. The molecule has 0 saturated carbocycles. The van der Waals surface area contributed by atoms with Gasteiger partial charge in [-0.25, -0.2) is 0 Å². The first-order valence-electron chi connectivity index (χ1n) is 9.04. The number of esters is 2. The van der Waals surface area contributed by atoms with E-state index in [9.17, 15) is 20.1 Å². The molecule has 0 aromatic rings. The van der Waals surface area contributed by atoms with Crippen LogP contribution in [0.4, 0.5) is 0 Å². The monoisotopic (exact) mass is 381 g/mol. The van der Waals surface area contributed by atoms with Crippen molar-refractivity contribution in [1.82, 2.24) is 5.32 Å². The van der Waals surface area contributed by atoms with Gasteiger partial charge in [0, 0.05) is 38.3 Å². The van der Waals surface area contributed by atoms with Crippen LogP contribution < -0.4 is 5.32 Å². The van der Waals surface area contributed by atoms with Crippen molar-refractivity contribution in [2.75, 3.05) is 13.2 Å². The maximum Gasteiger partial charge on any atom is 0.303 e. The van der Waals surface area contributed by atoms with E-state index in [4.69, 9.17) is 9.47 Å². The quantitative estimate of drug-likeness (QED) is 0.424. The minimum Gasteiger partial charge on any atom is -0.461 e. The first-order chi connectivity index (χ1) is 13.3. The molecule has 1 fully saturated rings. The van der Waals surface area contributed by atoms with Crippen LogP contribution in [0.1, 0.15) is 33.1 Å². The lowest BCUT2D eigenvalue weighted by Crippen LogP contribution is -2.44. The SMILES string of the molecule is C=C(COC(C)=O)[C@@H]1C(C(C#N)(C#N)CC#CCOC(C)=O)=C[C@H]2CC[C@@H]1N2. The first kappa shape index (κ1) is 21.2. The van der Waals surface area contributed by atoms with Crippen molar-refractivity contribution in [2.45, 2.75) is 45.2 Å². The van der Waals surface area contributed by atoms with Gasteiger partial charge in [0.25, 0.3) is 0 Å². The Morgan fingerprint density at radius 2 is 1.89 bits per heavy atom. The molecule has 0 radical (unpaired) electrons. The van der Waals surface area contributed by atoms with E-state index in [2.05, 4.69) is 35.9 Å². The first-order valence-corrected chi connectivity index (χ1v) is 9.04.